The Bertz CT molecular complexity index is 1470. The maximum Gasteiger partial charge on any atom is 0.238 e. The average molecular weight is 519 g/mol. The molecule has 0 radical (unpaired) electrons. The molecule has 6 rings (SSSR count). The molecule has 0 bridgehead atoms. The molecule has 35 heavy (non-hydrogen) atoms. The third-order valence-corrected chi connectivity index (χ3v) is 7.07. The molecule has 5 heteroatoms. The van der Waals surface area contributed by atoms with Gasteiger partial charge in [-0.25, -0.2) is 4.98 Å². The van der Waals surface area contributed by atoms with Gasteiger partial charge in [-0.15, -0.1) is 0 Å². The third-order valence-electron chi connectivity index (χ3n) is 6.58. The number of para-hydroxylation sites is 1. The molecule has 0 unspecified atom stereocenters. The van der Waals surface area contributed by atoms with E-state index in [1.807, 2.05) is 60.7 Å². The second-order valence-corrected chi connectivity index (χ2v) is 10.1. The van der Waals surface area contributed by atoms with Gasteiger partial charge in [0, 0.05) is 21.0 Å². The molecule has 5 aromatic rings. The Balaban J connectivity index is 1.64. The molecule has 0 spiro atoms. The third kappa shape index (κ3) is 3.72. The summed E-state index contributed by atoms with van der Waals surface area (Å²) in [6.07, 6.45) is 0. The molecule has 170 valence electrons. The second kappa shape index (κ2) is 8.43. The van der Waals surface area contributed by atoms with Crippen LogP contribution in [0.1, 0.15) is 25.0 Å². The number of aromatic nitrogens is 3. The highest BCUT2D eigenvalue weighted by molar-refractivity contribution is 9.10. The van der Waals surface area contributed by atoms with Crippen LogP contribution in [0.25, 0.3) is 22.8 Å². The summed E-state index contributed by atoms with van der Waals surface area (Å²) in [5.41, 5.74) is 6.33. The van der Waals surface area contributed by atoms with Crippen LogP contribution in [0.15, 0.2) is 108 Å². The lowest BCUT2D eigenvalue weighted by Crippen LogP contribution is -2.31. The zero-order valence-corrected chi connectivity index (χ0v) is 21.1. The van der Waals surface area contributed by atoms with Crippen LogP contribution < -0.4 is 4.90 Å². The highest BCUT2D eigenvalue weighted by atomic mass is 79.9. The number of nitrogens with zero attached hydrogens (tertiary/aromatic N) is 4. The number of hydrogen-bond acceptors (Lipinski definition) is 4. The van der Waals surface area contributed by atoms with Gasteiger partial charge in [0.1, 0.15) is 0 Å². The highest BCUT2D eigenvalue weighted by Gasteiger charge is 2.38. The van der Waals surface area contributed by atoms with E-state index in [1.54, 1.807) is 0 Å². The summed E-state index contributed by atoms with van der Waals surface area (Å²) in [6, 6.07) is 35.1. The Morgan fingerprint density at radius 3 is 1.77 bits per heavy atom. The van der Waals surface area contributed by atoms with Crippen LogP contribution in [0.3, 0.4) is 0 Å². The molecule has 0 N–H and O–H groups in total. The maximum absolute atomic E-state index is 5.01. The molecule has 1 aliphatic heterocycles. The predicted octanol–water partition coefficient (Wildman–Crippen LogP) is 8.08. The van der Waals surface area contributed by atoms with Crippen molar-refractivity contribution in [2.24, 2.45) is 0 Å². The molecular weight excluding hydrogens is 496 g/mol. The first-order chi connectivity index (χ1) is 17.0. The standard InChI is InChI=1S/C30H23BrN4/c1-30(2)23-15-9-10-16-25(23)35(26-18-17-22(31)19-24(26)30)29-33-27(20-11-5-3-6-12-20)32-28(34-29)21-13-7-4-8-14-21/h3-19H,1-2H3. The lowest BCUT2D eigenvalue weighted by molar-refractivity contribution is 0.630. The fourth-order valence-corrected chi connectivity index (χ4v) is 5.15. The highest BCUT2D eigenvalue weighted by Crippen LogP contribution is 2.51. The quantitative estimate of drug-likeness (QED) is 0.242. The lowest BCUT2D eigenvalue weighted by Gasteiger charge is -2.41. The summed E-state index contributed by atoms with van der Waals surface area (Å²) in [5.74, 6) is 1.90. The Kier molecular flexibility index (Phi) is 5.23. The monoisotopic (exact) mass is 518 g/mol. The van der Waals surface area contributed by atoms with Crippen LogP contribution in [0.5, 0.6) is 0 Å². The second-order valence-electron chi connectivity index (χ2n) is 9.15. The molecule has 0 amide bonds. The molecule has 0 saturated heterocycles. The van der Waals surface area contributed by atoms with E-state index in [4.69, 9.17) is 15.0 Å². The summed E-state index contributed by atoms with van der Waals surface area (Å²) in [6.45, 7) is 4.54. The van der Waals surface area contributed by atoms with Gasteiger partial charge in [-0.3, -0.25) is 4.90 Å². The minimum Gasteiger partial charge on any atom is -0.278 e. The SMILES string of the molecule is CC1(C)c2ccccc2N(c2nc(-c3ccccc3)nc(-c3ccccc3)n2)c2ccc(Br)cc21. The van der Waals surface area contributed by atoms with Gasteiger partial charge in [0.05, 0.1) is 11.4 Å². The van der Waals surface area contributed by atoms with Crippen molar-refractivity contribution in [3.05, 3.63) is 119 Å². The van der Waals surface area contributed by atoms with Crippen molar-refractivity contribution in [3.8, 4) is 22.8 Å². The number of anilines is 3. The first-order valence-corrected chi connectivity index (χ1v) is 12.4. The topological polar surface area (TPSA) is 41.9 Å². The Morgan fingerprint density at radius 2 is 1.14 bits per heavy atom. The molecule has 1 aliphatic rings. The molecule has 0 saturated carbocycles. The van der Waals surface area contributed by atoms with Gasteiger partial charge in [0.2, 0.25) is 5.95 Å². The Morgan fingerprint density at radius 1 is 0.600 bits per heavy atom. The normalized spacial score (nSPS) is 13.7. The number of benzene rings is 4. The zero-order chi connectivity index (χ0) is 24.0. The summed E-state index contributed by atoms with van der Waals surface area (Å²) in [5, 5.41) is 0. The van der Waals surface area contributed by atoms with Crippen molar-refractivity contribution in [2.45, 2.75) is 19.3 Å². The van der Waals surface area contributed by atoms with Crippen LogP contribution in [0.2, 0.25) is 0 Å². The van der Waals surface area contributed by atoms with Crippen molar-refractivity contribution in [1.29, 1.82) is 0 Å². The van der Waals surface area contributed by atoms with E-state index < -0.39 is 0 Å². The number of rotatable bonds is 3. The Labute approximate surface area is 213 Å². The number of hydrogen-bond donors (Lipinski definition) is 0. The lowest BCUT2D eigenvalue weighted by atomic mass is 9.74. The van der Waals surface area contributed by atoms with E-state index in [1.165, 1.54) is 11.1 Å². The van der Waals surface area contributed by atoms with Crippen LogP contribution in [-0.2, 0) is 5.41 Å². The molecule has 0 atom stereocenters. The van der Waals surface area contributed by atoms with E-state index in [0.29, 0.717) is 17.6 Å². The minimum absolute atomic E-state index is 0.177. The van der Waals surface area contributed by atoms with E-state index >= 15 is 0 Å². The van der Waals surface area contributed by atoms with E-state index in [9.17, 15) is 0 Å². The molecule has 4 nitrogen and oxygen atoms in total. The zero-order valence-electron chi connectivity index (χ0n) is 19.5. The van der Waals surface area contributed by atoms with Gasteiger partial charge in [0.25, 0.3) is 0 Å². The van der Waals surface area contributed by atoms with Crippen molar-refractivity contribution in [1.82, 2.24) is 15.0 Å². The molecular formula is C30H23BrN4. The summed E-state index contributed by atoms with van der Waals surface area (Å²) < 4.78 is 1.05. The smallest absolute Gasteiger partial charge is 0.238 e. The maximum atomic E-state index is 5.01. The fourth-order valence-electron chi connectivity index (χ4n) is 4.79. The predicted molar refractivity (Wildman–Crippen MR) is 145 cm³/mol. The largest absolute Gasteiger partial charge is 0.278 e. The fraction of sp³-hybridized carbons (Fsp3) is 0.100. The molecule has 4 aromatic carbocycles. The number of halogens is 1. The number of fused-ring (bicyclic) bond motifs is 2. The van der Waals surface area contributed by atoms with Crippen molar-refractivity contribution >= 4 is 33.3 Å². The van der Waals surface area contributed by atoms with Crippen molar-refractivity contribution in [3.63, 3.8) is 0 Å². The van der Waals surface area contributed by atoms with Gasteiger partial charge >= 0.3 is 0 Å². The Hall–Kier alpha value is -3.83. The molecule has 0 aliphatic carbocycles. The van der Waals surface area contributed by atoms with Crippen LogP contribution in [0, 0.1) is 0 Å². The van der Waals surface area contributed by atoms with Crippen LogP contribution in [0.4, 0.5) is 17.3 Å². The van der Waals surface area contributed by atoms with E-state index in [-0.39, 0.29) is 5.41 Å². The average Bonchev–Trinajstić information content (AvgIpc) is 2.90. The summed E-state index contributed by atoms with van der Waals surface area (Å²) >= 11 is 3.68. The molecule has 1 aromatic heterocycles. The van der Waals surface area contributed by atoms with Gasteiger partial charge in [-0.2, -0.15) is 9.97 Å². The molecule has 0 fully saturated rings. The van der Waals surface area contributed by atoms with E-state index in [0.717, 1.165) is 27.0 Å². The van der Waals surface area contributed by atoms with Crippen molar-refractivity contribution < 1.29 is 0 Å². The molecule has 2 heterocycles. The first kappa shape index (κ1) is 21.7. The first-order valence-electron chi connectivity index (χ1n) is 11.6. The van der Waals surface area contributed by atoms with Crippen molar-refractivity contribution in [2.75, 3.05) is 4.90 Å². The van der Waals surface area contributed by atoms with Gasteiger partial charge in [-0.1, -0.05) is 109 Å². The van der Waals surface area contributed by atoms with Crippen LogP contribution >= 0.6 is 15.9 Å². The summed E-state index contributed by atoms with van der Waals surface area (Å²) in [7, 11) is 0. The summed E-state index contributed by atoms with van der Waals surface area (Å²) in [4.78, 5) is 17.1. The van der Waals surface area contributed by atoms with Gasteiger partial charge < -0.3 is 0 Å². The van der Waals surface area contributed by atoms with Gasteiger partial charge in [-0.05, 0) is 35.4 Å². The van der Waals surface area contributed by atoms with Crippen LogP contribution in [-0.4, -0.2) is 15.0 Å². The minimum atomic E-state index is -0.177. The van der Waals surface area contributed by atoms with E-state index in [2.05, 4.69) is 77.1 Å². The van der Waals surface area contributed by atoms with Gasteiger partial charge in [0.15, 0.2) is 11.6 Å².